The second-order valence-electron chi connectivity index (χ2n) is 4.25. The average molecular weight is 238 g/mol. The summed E-state index contributed by atoms with van der Waals surface area (Å²) in [6.45, 7) is 0.539. The number of halogens is 1. The lowest BCUT2D eigenvalue weighted by atomic mass is 10.1. The summed E-state index contributed by atoms with van der Waals surface area (Å²) in [5.41, 5.74) is 5.97. The first kappa shape index (κ1) is 11.9. The molecule has 1 amide bonds. The van der Waals surface area contributed by atoms with Gasteiger partial charge >= 0.3 is 0 Å². The van der Waals surface area contributed by atoms with Crippen molar-refractivity contribution in [1.82, 2.24) is 4.90 Å². The van der Waals surface area contributed by atoms with Gasteiger partial charge in [0.15, 0.2) is 0 Å². The number of carbonyl (C=O) groups excluding carboxylic acids is 1. The molecule has 1 aliphatic heterocycles. The van der Waals surface area contributed by atoms with E-state index in [1.807, 2.05) is 0 Å². The number of nitrogens with zero attached hydrogens (tertiary/aromatic N) is 1. The van der Waals surface area contributed by atoms with Gasteiger partial charge in [-0.05, 0) is 31.0 Å². The molecule has 0 aromatic heterocycles. The number of aliphatic hydroxyl groups excluding tert-OH is 1. The minimum atomic E-state index is -0.520. The van der Waals surface area contributed by atoms with Gasteiger partial charge in [-0.2, -0.15) is 0 Å². The predicted molar refractivity (Wildman–Crippen MR) is 62.0 cm³/mol. The number of nitrogen functional groups attached to an aromatic ring is 1. The summed E-state index contributed by atoms with van der Waals surface area (Å²) >= 11 is 0. The van der Waals surface area contributed by atoms with Crippen LogP contribution in [-0.2, 0) is 0 Å². The maximum atomic E-state index is 13.2. The number of likely N-dealkylation sites (tertiary alicyclic amines) is 1. The van der Waals surface area contributed by atoms with E-state index in [4.69, 9.17) is 10.8 Å². The molecule has 3 N–H and O–H groups in total. The van der Waals surface area contributed by atoms with Crippen LogP contribution in [0.3, 0.4) is 0 Å². The van der Waals surface area contributed by atoms with Crippen LogP contribution in [-0.4, -0.2) is 35.1 Å². The van der Waals surface area contributed by atoms with Crippen LogP contribution in [0.4, 0.5) is 10.1 Å². The van der Waals surface area contributed by atoms with Gasteiger partial charge in [0.25, 0.3) is 5.91 Å². The van der Waals surface area contributed by atoms with Crippen molar-refractivity contribution < 1.29 is 14.3 Å². The fourth-order valence-electron chi connectivity index (χ4n) is 2.19. The third kappa shape index (κ3) is 2.39. The minimum Gasteiger partial charge on any atom is -0.399 e. The van der Waals surface area contributed by atoms with E-state index >= 15 is 0 Å². The van der Waals surface area contributed by atoms with Gasteiger partial charge in [0.05, 0.1) is 12.6 Å². The van der Waals surface area contributed by atoms with Gasteiger partial charge in [0.2, 0.25) is 0 Å². The number of hydrogen-bond acceptors (Lipinski definition) is 3. The quantitative estimate of drug-likeness (QED) is 0.755. The van der Waals surface area contributed by atoms with E-state index in [9.17, 15) is 9.18 Å². The zero-order chi connectivity index (χ0) is 12.4. The highest BCUT2D eigenvalue weighted by atomic mass is 19.1. The topological polar surface area (TPSA) is 66.6 Å². The molecule has 1 atom stereocenters. The van der Waals surface area contributed by atoms with Crippen molar-refractivity contribution >= 4 is 11.6 Å². The predicted octanol–water partition coefficient (Wildman–Crippen LogP) is 1.00. The van der Waals surface area contributed by atoms with Crippen molar-refractivity contribution in [2.75, 3.05) is 18.9 Å². The Hall–Kier alpha value is -1.62. The van der Waals surface area contributed by atoms with Crippen molar-refractivity contribution in [2.45, 2.75) is 18.9 Å². The highest BCUT2D eigenvalue weighted by molar-refractivity contribution is 5.95. The Balaban J connectivity index is 2.24. The Labute approximate surface area is 98.8 Å². The van der Waals surface area contributed by atoms with Gasteiger partial charge in [-0.15, -0.1) is 0 Å². The van der Waals surface area contributed by atoms with Crippen molar-refractivity contribution in [2.24, 2.45) is 0 Å². The first-order valence-corrected chi connectivity index (χ1v) is 5.59. The molecular formula is C12H15FN2O2. The lowest BCUT2D eigenvalue weighted by Crippen LogP contribution is -2.37. The first-order chi connectivity index (χ1) is 8.11. The molecule has 0 spiro atoms. The SMILES string of the molecule is Nc1cc(F)cc(C(=O)N2CCCC2CO)c1. The Bertz CT molecular complexity index is 416. The maximum Gasteiger partial charge on any atom is 0.254 e. The normalized spacial score (nSPS) is 19.6. The van der Waals surface area contributed by atoms with E-state index in [1.54, 1.807) is 4.90 Å². The molecule has 0 radical (unpaired) electrons. The number of anilines is 1. The Morgan fingerprint density at radius 3 is 2.94 bits per heavy atom. The molecule has 1 aliphatic rings. The van der Waals surface area contributed by atoms with E-state index in [0.717, 1.165) is 12.8 Å². The summed E-state index contributed by atoms with van der Waals surface area (Å²) in [6, 6.07) is 3.64. The Kier molecular flexibility index (Phi) is 3.28. The molecule has 0 saturated carbocycles. The molecule has 1 saturated heterocycles. The van der Waals surface area contributed by atoms with Crippen LogP contribution in [0, 0.1) is 5.82 Å². The van der Waals surface area contributed by atoms with Crippen LogP contribution in [0.2, 0.25) is 0 Å². The van der Waals surface area contributed by atoms with Gasteiger partial charge in [-0.25, -0.2) is 4.39 Å². The molecule has 1 fully saturated rings. The second-order valence-corrected chi connectivity index (χ2v) is 4.25. The van der Waals surface area contributed by atoms with Crippen LogP contribution in [0.5, 0.6) is 0 Å². The smallest absolute Gasteiger partial charge is 0.254 e. The standard InChI is InChI=1S/C12H15FN2O2/c13-9-4-8(5-10(14)6-9)12(17)15-3-1-2-11(15)7-16/h4-6,11,16H,1-3,7,14H2. The van der Waals surface area contributed by atoms with E-state index in [0.29, 0.717) is 6.54 Å². The van der Waals surface area contributed by atoms with Crippen LogP contribution in [0.1, 0.15) is 23.2 Å². The van der Waals surface area contributed by atoms with Gasteiger partial charge in [0, 0.05) is 17.8 Å². The third-order valence-corrected chi connectivity index (χ3v) is 3.02. The highest BCUT2D eigenvalue weighted by Gasteiger charge is 2.28. The monoisotopic (exact) mass is 238 g/mol. The number of aliphatic hydroxyl groups is 1. The van der Waals surface area contributed by atoms with Crippen LogP contribution < -0.4 is 5.73 Å². The molecule has 0 bridgehead atoms. The molecule has 2 rings (SSSR count). The van der Waals surface area contributed by atoms with E-state index in [1.165, 1.54) is 18.2 Å². The van der Waals surface area contributed by atoms with Crippen LogP contribution in [0.15, 0.2) is 18.2 Å². The number of carbonyl (C=O) groups is 1. The first-order valence-electron chi connectivity index (χ1n) is 5.59. The van der Waals surface area contributed by atoms with E-state index in [-0.39, 0.29) is 29.8 Å². The number of hydrogen-bond donors (Lipinski definition) is 2. The van der Waals surface area contributed by atoms with E-state index < -0.39 is 5.82 Å². The molecule has 1 aromatic rings. The van der Waals surface area contributed by atoms with Gasteiger partial charge < -0.3 is 15.7 Å². The minimum absolute atomic E-state index is 0.0590. The molecule has 5 heteroatoms. The molecular weight excluding hydrogens is 223 g/mol. The zero-order valence-corrected chi connectivity index (χ0v) is 9.40. The summed E-state index contributed by atoms with van der Waals surface area (Å²) in [7, 11) is 0. The number of benzene rings is 1. The molecule has 92 valence electrons. The lowest BCUT2D eigenvalue weighted by Gasteiger charge is -2.23. The highest BCUT2D eigenvalue weighted by Crippen LogP contribution is 2.21. The maximum absolute atomic E-state index is 13.2. The largest absolute Gasteiger partial charge is 0.399 e. The second kappa shape index (κ2) is 4.71. The van der Waals surface area contributed by atoms with Crippen LogP contribution >= 0.6 is 0 Å². The van der Waals surface area contributed by atoms with E-state index in [2.05, 4.69) is 0 Å². The molecule has 1 heterocycles. The number of rotatable bonds is 2. The molecule has 1 unspecified atom stereocenters. The number of nitrogens with two attached hydrogens (primary N) is 1. The molecule has 0 aliphatic carbocycles. The van der Waals surface area contributed by atoms with Gasteiger partial charge in [0.1, 0.15) is 5.82 Å². The summed E-state index contributed by atoms with van der Waals surface area (Å²) in [5, 5.41) is 9.15. The summed E-state index contributed by atoms with van der Waals surface area (Å²) < 4.78 is 13.2. The Morgan fingerprint density at radius 2 is 2.29 bits per heavy atom. The Morgan fingerprint density at radius 1 is 1.53 bits per heavy atom. The summed E-state index contributed by atoms with van der Waals surface area (Å²) in [6.07, 6.45) is 1.65. The van der Waals surface area contributed by atoms with Crippen molar-refractivity contribution in [1.29, 1.82) is 0 Å². The number of amides is 1. The van der Waals surface area contributed by atoms with Crippen LogP contribution in [0.25, 0.3) is 0 Å². The fourth-order valence-corrected chi connectivity index (χ4v) is 2.19. The third-order valence-electron chi connectivity index (χ3n) is 3.02. The van der Waals surface area contributed by atoms with Crippen molar-refractivity contribution in [3.63, 3.8) is 0 Å². The summed E-state index contributed by atoms with van der Waals surface area (Å²) in [4.78, 5) is 13.7. The summed E-state index contributed by atoms with van der Waals surface area (Å²) in [5.74, 6) is -0.791. The lowest BCUT2D eigenvalue weighted by molar-refractivity contribution is 0.0677. The fraction of sp³-hybridized carbons (Fsp3) is 0.417. The average Bonchev–Trinajstić information content (AvgIpc) is 2.74. The molecule has 1 aromatic carbocycles. The molecule has 4 nitrogen and oxygen atoms in total. The van der Waals surface area contributed by atoms with Crippen molar-refractivity contribution in [3.8, 4) is 0 Å². The van der Waals surface area contributed by atoms with Gasteiger partial charge in [-0.1, -0.05) is 0 Å². The van der Waals surface area contributed by atoms with Gasteiger partial charge in [-0.3, -0.25) is 4.79 Å². The molecule has 17 heavy (non-hydrogen) atoms. The van der Waals surface area contributed by atoms with Crippen molar-refractivity contribution in [3.05, 3.63) is 29.6 Å². The zero-order valence-electron chi connectivity index (χ0n) is 9.40.